The van der Waals surface area contributed by atoms with Crippen LogP contribution in [0.25, 0.3) is 0 Å². The van der Waals surface area contributed by atoms with Crippen molar-refractivity contribution in [2.45, 2.75) is 160 Å². The fourth-order valence-electron chi connectivity index (χ4n) is 5.33. The highest BCUT2D eigenvalue weighted by Crippen LogP contribution is 2.26. The molecular formula is C31H63NO3SSi. The smallest absolute Gasteiger partial charge is 0.188 e. The standard InChI is InChI=1S/C31H63NO3SSi/c1-4-6-8-9-10-11-12-13-14-15-16-17-18-26-34-28-35-29-22-23-30(37-32(3)25-24-29)20-19-27-36-31(33)21-7-5-2/h29-30H,4-28,37H2,1-3H3. The SMILES string of the molecule is CCCCCCCCCCCCCCCOCOC1CCC(CCCSC(=O)CCCC)[SiH2]N(C)CC1. The van der Waals surface area contributed by atoms with Crippen LogP contribution in [-0.2, 0) is 14.3 Å². The fraction of sp³-hybridized carbons (Fsp3) is 0.968. The van der Waals surface area contributed by atoms with Gasteiger partial charge in [0.25, 0.3) is 0 Å². The molecule has 0 aromatic carbocycles. The van der Waals surface area contributed by atoms with Gasteiger partial charge >= 0.3 is 0 Å². The average molecular weight is 558 g/mol. The Morgan fingerprint density at radius 3 is 2.08 bits per heavy atom. The van der Waals surface area contributed by atoms with Gasteiger partial charge in [0.1, 0.15) is 6.79 Å². The summed E-state index contributed by atoms with van der Waals surface area (Å²) in [7, 11) is 2.11. The number of carbonyl (C=O) groups is 1. The highest BCUT2D eigenvalue weighted by molar-refractivity contribution is 8.13. The molecule has 1 heterocycles. The van der Waals surface area contributed by atoms with Gasteiger partial charge in [0.2, 0.25) is 0 Å². The topological polar surface area (TPSA) is 38.8 Å². The summed E-state index contributed by atoms with van der Waals surface area (Å²) in [6, 6.07) is 0. The molecule has 0 N–H and O–H groups in total. The number of ether oxygens (including phenoxy) is 2. The first-order valence-corrected chi connectivity index (χ1v) is 18.6. The highest BCUT2D eigenvalue weighted by Gasteiger charge is 2.21. The van der Waals surface area contributed by atoms with Crippen LogP contribution in [0.2, 0.25) is 5.54 Å². The zero-order valence-electron chi connectivity index (χ0n) is 25.1. The quantitative estimate of drug-likeness (QED) is 0.0674. The van der Waals surface area contributed by atoms with Gasteiger partial charge in [0, 0.05) is 18.8 Å². The van der Waals surface area contributed by atoms with Gasteiger partial charge in [-0.25, -0.2) is 0 Å². The van der Waals surface area contributed by atoms with E-state index in [-0.39, 0.29) is 9.68 Å². The zero-order valence-corrected chi connectivity index (χ0v) is 27.4. The van der Waals surface area contributed by atoms with Gasteiger partial charge in [0.15, 0.2) is 5.12 Å². The fourth-order valence-corrected chi connectivity index (χ4v) is 8.30. The lowest BCUT2D eigenvalue weighted by atomic mass is 10.0. The largest absolute Gasteiger partial charge is 0.355 e. The van der Waals surface area contributed by atoms with Gasteiger partial charge in [-0.2, -0.15) is 0 Å². The van der Waals surface area contributed by atoms with Crippen molar-refractivity contribution >= 4 is 26.6 Å². The van der Waals surface area contributed by atoms with Crippen LogP contribution < -0.4 is 0 Å². The normalized spacial score (nSPS) is 19.8. The summed E-state index contributed by atoms with van der Waals surface area (Å²) in [6.07, 6.45) is 27.3. The Bertz CT molecular complexity index is 511. The molecule has 1 fully saturated rings. The van der Waals surface area contributed by atoms with E-state index in [1.807, 2.05) is 0 Å². The Kier molecular flexibility index (Phi) is 25.0. The summed E-state index contributed by atoms with van der Waals surface area (Å²) in [5.41, 5.74) is 0.856. The molecular weight excluding hydrogens is 494 g/mol. The van der Waals surface area contributed by atoms with E-state index in [2.05, 4.69) is 25.5 Å². The van der Waals surface area contributed by atoms with Gasteiger partial charge in [-0.15, -0.1) is 0 Å². The monoisotopic (exact) mass is 557 g/mol. The Balaban J connectivity index is 1.97. The van der Waals surface area contributed by atoms with Crippen molar-refractivity contribution in [2.75, 3.05) is 32.7 Å². The number of carbonyl (C=O) groups excluding carboxylic acids is 1. The third-order valence-corrected chi connectivity index (χ3v) is 11.1. The number of hydrogen-bond acceptors (Lipinski definition) is 5. The van der Waals surface area contributed by atoms with Crippen LogP contribution in [0.1, 0.15) is 149 Å². The summed E-state index contributed by atoms with van der Waals surface area (Å²) in [6.45, 7) is 6.91. The molecule has 220 valence electrons. The first-order chi connectivity index (χ1) is 18.2. The predicted octanol–water partition coefficient (Wildman–Crippen LogP) is 8.66. The average Bonchev–Trinajstić information content (AvgIpc) is 2.89. The van der Waals surface area contributed by atoms with Crippen molar-refractivity contribution < 1.29 is 14.3 Å². The third-order valence-electron chi connectivity index (χ3n) is 7.83. The molecule has 2 unspecified atom stereocenters. The van der Waals surface area contributed by atoms with E-state index in [4.69, 9.17) is 9.47 Å². The molecule has 37 heavy (non-hydrogen) atoms. The molecule has 0 aromatic heterocycles. The zero-order chi connectivity index (χ0) is 26.8. The molecule has 1 aliphatic heterocycles. The maximum absolute atomic E-state index is 11.9. The molecule has 1 saturated heterocycles. The lowest BCUT2D eigenvalue weighted by Gasteiger charge is -2.30. The van der Waals surface area contributed by atoms with Crippen LogP contribution in [0, 0.1) is 0 Å². The maximum atomic E-state index is 11.9. The van der Waals surface area contributed by atoms with Crippen molar-refractivity contribution in [3.63, 3.8) is 0 Å². The first-order valence-electron chi connectivity index (χ1n) is 16.2. The van der Waals surface area contributed by atoms with Crippen LogP contribution in [0.4, 0.5) is 0 Å². The summed E-state index contributed by atoms with van der Waals surface area (Å²) in [4.78, 5) is 11.9. The maximum Gasteiger partial charge on any atom is 0.188 e. The number of nitrogens with zero attached hydrogens (tertiary/aromatic N) is 1. The molecule has 0 amide bonds. The number of thioether (sulfide) groups is 1. The van der Waals surface area contributed by atoms with E-state index in [9.17, 15) is 4.79 Å². The second-order valence-electron chi connectivity index (χ2n) is 11.5. The minimum Gasteiger partial charge on any atom is -0.355 e. The number of unbranched alkanes of at least 4 members (excludes halogenated alkanes) is 13. The van der Waals surface area contributed by atoms with E-state index >= 15 is 0 Å². The molecule has 0 saturated carbocycles. The minimum absolute atomic E-state index is 0.190. The van der Waals surface area contributed by atoms with Crippen molar-refractivity contribution in [3.05, 3.63) is 0 Å². The van der Waals surface area contributed by atoms with Crippen molar-refractivity contribution in [1.29, 1.82) is 0 Å². The predicted molar refractivity (Wildman–Crippen MR) is 166 cm³/mol. The lowest BCUT2D eigenvalue weighted by Crippen LogP contribution is -2.34. The van der Waals surface area contributed by atoms with E-state index in [0.717, 1.165) is 50.1 Å². The highest BCUT2D eigenvalue weighted by atomic mass is 32.2. The molecule has 6 heteroatoms. The second kappa shape index (κ2) is 26.3. The van der Waals surface area contributed by atoms with Crippen LogP contribution in [0.3, 0.4) is 0 Å². The van der Waals surface area contributed by atoms with Crippen LogP contribution in [0.5, 0.6) is 0 Å². The Morgan fingerprint density at radius 1 is 0.811 bits per heavy atom. The molecule has 1 aliphatic rings. The summed E-state index contributed by atoms with van der Waals surface area (Å²) in [5, 5.41) is 0.390. The van der Waals surface area contributed by atoms with Crippen molar-refractivity contribution in [2.24, 2.45) is 0 Å². The van der Waals surface area contributed by atoms with Gasteiger partial charge < -0.3 is 14.0 Å². The Hall–Kier alpha value is 0.117. The molecule has 2 atom stereocenters. The molecule has 0 spiro atoms. The minimum atomic E-state index is -0.190. The third kappa shape index (κ3) is 22.6. The van der Waals surface area contributed by atoms with Gasteiger partial charge in [-0.3, -0.25) is 4.79 Å². The van der Waals surface area contributed by atoms with E-state index in [1.165, 1.54) is 109 Å². The first kappa shape index (κ1) is 35.1. The second-order valence-corrected chi connectivity index (χ2v) is 15.3. The van der Waals surface area contributed by atoms with Gasteiger partial charge in [-0.05, 0) is 57.7 Å². The van der Waals surface area contributed by atoms with Crippen LogP contribution in [-0.4, -0.2) is 58.2 Å². The van der Waals surface area contributed by atoms with Crippen molar-refractivity contribution in [3.8, 4) is 0 Å². The van der Waals surface area contributed by atoms with Crippen LogP contribution in [0.15, 0.2) is 0 Å². The number of hydrogen-bond donors (Lipinski definition) is 0. The molecule has 0 aromatic rings. The van der Waals surface area contributed by atoms with E-state index in [1.54, 1.807) is 11.8 Å². The van der Waals surface area contributed by atoms with Gasteiger partial charge in [-0.1, -0.05) is 116 Å². The number of rotatable bonds is 24. The molecule has 0 bridgehead atoms. The van der Waals surface area contributed by atoms with E-state index in [0.29, 0.717) is 18.0 Å². The Morgan fingerprint density at radius 2 is 1.43 bits per heavy atom. The van der Waals surface area contributed by atoms with E-state index < -0.39 is 0 Å². The molecule has 0 radical (unpaired) electrons. The lowest BCUT2D eigenvalue weighted by molar-refractivity contribution is -0.111. The molecule has 0 aliphatic carbocycles. The molecule has 1 rings (SSSR count). The summed E-state index contributed by atoms with van der Waals surface area (Å²) < 4.78 is 14.6. The van der Waals surface area contributed by atoms with Crippen LogP contribution >= 0.6 is 11.8 Å². The Labute approximate surface area is 238 Å². The summed E-state index contributed by atoms with van der Waals surface area (Å²) in [5.74, 6) is 1.00. The van der Waals surface area contributed by atoms with Crippen molar-refractivity contribution in [1.82, 2.24) is 4.57 Å². The van der Waals surface area contributed by atoms with Gasteiger partial charge in [0.05, 0.1) is 15.8 Å². The molecule has 4 nitrogen and oxygen atoms in total. The summed E-state index contributed by atoms with van der Waals surface area (Å²) >= 11 is 1.57.